The number of carboxylic acid groups (broad SMARTS) is 10. The summed E-state index contributed by atoms with van der Waals surface area (Å²) >= 11 is 5.94. The Balaban J connectivity index is 1.46. The second-order valence-corrected chi connectivity index (χ2v) is 24.9. The maximum Gasteiger partial charge on any atom is 0.317 e. The fourth-order valence-electron chi connectivity index (χ4n) is 11.4. The lowest BCUT2D eigenvalue weighted by molar-refractivity contribution is -0.145. The maximum absolute atomic E-state index is 12.1. The van der Waals surface area contributed by atoms with Crippen molar-refractivity contribution in [2.75, 3.05) is 226 Å². The summed E-state index contributed by atoms with van der Waals surface area (Å²) in [6.45, 7) is -1.82. The average molecular weight is 1490 g/mol. The molecule has 4 unspecified atom stereocenters. The number of rotatable bonds is 42. The van der Waals surface area contributed by atoms with E-state index in [1.807, 2.05) is 17.0 Å². The molecule has 5 rings (SSSR count). The van der Waals surface area contributed by atoms with Crippen LogP contribution in [0.25, 0.3) is 0 Å². The molecule has 1 fully saturated rings. The van der Waals surface area contributed by atoms with E-state index in [1.165, 1.54) is 14.7 Å². The standard InChI is InChI=1S/C66H95N11O26S/c78-56(79)35-72(11-13-74(37-58(82)83)38-59(84)85)33-50(76(41-62(90)91)42-63(92)93)29-47-3-1-46(2-4-47)9-10-67-52-31-54-55(102-23-18-70-15-20-98-25-26-100-22-17-71(19-24-103-54)45-101-28-27-99-21-16-70)32-53(52)69-66(104)68-49-7-5-48(6-8-49)30-51(77(43-64(94)95)44-65(96)97)34-73(36-57(80)81)12-14-75(39-60(86)87)40-61(88)89/h1-8,31-32,50-51,67H,9-30,33-45H2,(H,78,79)(H,80,81)(H,82,83)(H,84,85)(H,86,87)(H,88,89)(H,90,91)(H,92,93)(H,94,95)(H,96,97)(H2,68,69,104). The zero-order valence-electron chi connectivity index (χ0n) is 57.7. The third-order valence-corrected chi connectivity index (χ3v) is 16.4. The average Bonchev–Trinajstić information content (AvgIpc) is 0.844. The van der Waals surface area contributed by atoms with Crippen LogP contribution in [0.15, 0.2) is 60.7 Å². The summed E-state index contributed by atoms with van der Waals surface area (Å²) in [5.74, 6) is -12.6. The van der Waals surface area contributed by atoms with Gasteiger partial charge in [-0.3, -0.25) is 87.1 Å². The lowest BCUT2D eigenvalue weighted by Crippen LogP contribution is -2.51. The minimum Gasteiger partial charge on any atom is -0.488 e. The summed E-state index contributed by atoms with van der Waals surface area (Å²) in [7, 11) is 0. The largest absolute Gasteiger partial charge is 0.488 e. The van der Waals surface area contributed by atoms with E-state index in [1.54, 1.807) is 48.5 Å². The van der Waals surface area contributed by atoms with Crippen molar-refractivity contribution in [2.24, 2.45) is 0 Å². The number of nitrogens with one attached hydrogen (secondary N) is 3. The molecule has 0 saturated carbocycles. The summed E-state index contributed by atoms with van der Waals surface area (Å²) in [5.41, 5.74) is 3.40. The van der Waals surface area contributed by atoms with Gasteiger partial charge in [-0.25, -0.2) is 0 Å². The second kappa shape index (κ2) is 46.6. The monoisotopic (exact) mass is 1490 g/mol. The molecule has 2 heterocycles. The van der Waals surface area contributed by atoms with E-state index in [2.05, 4.69) is 20.9 Å². The Labute approximate surface area is 604 Å². The molecular formula is C66H95N11O26S. The van der Waals surface area contributed by atoms with Crippen LogP contribution in [0.1, 0.15) is 16.7 Å². The number of fused-ring (bicyclic) bond motifs is 9. The van der Waals surface area contributed by atoms with Crippen LogP contribution in [0.5, 0.6) is 11.5 Å². The van der Waals surface area contributed by atoms with Gasteiger partial charge < -0.3 is 95.4 Å². The van der Waals surface area contributed by atoms with Gasteiger partial charge in [-0.2, -0.15) is 0 Å². The molecule has 104 heavy (non-hydrogen) atoms. The maximum atomic E-state index is 12.1. The summed E-state index contributed by atoms with van der Waals surface area (Å²) < 4.78 is 36.8. The van der Waals surface area contributed by atoms with Gasteiger partial charge in [0, 0.05) is 108 Å². The highest BCUT2D eigenvalue weighted by Crippen LogP contribution is 2.38. The summed E-state index contributed by atoms with van der Waals surface area (Å²) in [6.07, 6.45) is 0.414. The predicted molar refractivity (Wildman–Crippen MR) is 374 cm³/mol. The molecular weight excluding hydrogens is 1390 g/mol. The minimum absolute atomic E-state index is 0.0139. The zero-order chi connectivity index (χ0) is 75.9. The number of aliphatic carboxylic acids is 10. The smallest absolute Gasteiger partial charge is 0.317 e. The SMILES string of the molecule is O=C(O)CN(CCN(CC(=O)O)CC(Cc1ccc(CCNc2cc3c(cc2NC(=S)Nc2ccc(CC(CN(CCN(CC(=O)O)CC(=O)O)CC(=O)O)N(CC(=O)O)CC(=O)O)cc2)OCCN2CCOCCOCCN(CCO3)COCCOCC2)cc1)N(CC(=O)O)CC(=O)O)CC(=O)O. The molecule has 3 aromatic carbocycles. The molecule has 37 nitrogen and oxygen atoms in total. The number of carbonyl (C=O) groups is 10. The second-order valence-electron chi connectivity index (χ2n) is 24.5. The Morgan fingerprint density at radius 3 is 1.14 bits per heavy atom. The molecule has 0 spiro atoms. The molecule has 576 valence electrons. The number of carboxylic acids is 10. The van der Waals surface area contributed by atoms with E-state index in [9.17, 15) is 99.0 Å². The van der Waals surface area contributed by atoms with Crippen molar-refractivity contribution in [1.29, 1.82) is 0 Å². The number of ether oxygens (including phenoxy) is 6. The first kappa shape index (κ1) is 85.6. The van der Waals surface area contributed by atoms with Gasteiger partial charge in [0.05, 0.1) is 130 Å². The van der Waals surface area contributed by atoms with Crippen molar-refractivity contribution in [3.8, 4) is 11.5 Å². The molecule has 0 radical (unpaired) electrons. The number of nitrogens with zero attached hydrogens (tertiary/aromatic N) is 8. The first-order valence-corrected chi connectivity index (χ1v) is 33.8. The van der Waals surface area contributed by atoms with Gasteiger partial charge in [0.25, 0.3) is 0 Å². The fraction of sp³-hybridized carbons (Fsp3) is 0.561. The number of thiocarbonyl (C=S) groups is 1. The highest BCUT2D eigenvalue weighted by molar-refractivity contribution is 7.80. The molecule has 2 aliphatic rings. The molecule has 1 saturated heterocycles. The van der Waals surface area contributed by atoms with Crippen LogP contribution >= 0.6 is 12.2 Å². The molecule has 13 N–H and O–H groups in total. The van der Waals surface area contributed by atoms with E-state index >= 15 is 0 Å². The summed E-state index contributed by atoms with van der Waals surface area (Å²) in [4.78, 5) is 130. The van der Waals surface area contributed by atoms with Crippen LogP contribution in [0.3, 0.4) is 0 Å². The Morgan fingerprint density at radius 2 is 0.731 bits per heavy atom. The van der Waals surface area contributed by atoms with Gasteiger partial charge in [-0.05, 0) is 60.3 Å². The third-order valence-electron chi connectivity index (χ3n) is 16.2. The van der Waals surface area contributed by atoms with Crippen LogP contribution < -0.4 is 25.4 Å². The molecule has 0 aromatic heterocycles. The van der Waals surface area contributed by atoms with Crippen molar-refractivity contribution < 1.29 is 127 Å². The Bertz CT molecular complexity index is 3210. The predicted octanol–water partition coefficient (Wildman–Crippen LogP) is -0.957. The lowest BCUT2D eigenvalue weighted by atomic mass is 10.0. The van der Waals surface area contributed by atoms with Crippen molar-refractivity contribution in [3.63, 3.8) is 0 Å². The van der Waals surface area contributed by atoms with Crippen LogP contribution in [0.4, 0.5) is 17.1 Å². The van der Waals surface area contributed by atoms with Crippen LogP contribution in [0.2, 0.25) is 0 Å². The number of hydrogen-bond acceptors (Lipinski definition) is 26. The van der Waals surface area contributed by atoms with Crippen molar-refractivity contribution in [1.82, 2.24) is 39.2 Å². The fourth-order valence-corrected chi connectivity index (χ4v) is 11.6. The molecule has 4 atom stereocenters. The Morgan fingerprint density at radius 1 is 0.394 bits per heavy atom. The van der Waals surface area contributed by atoms with Gasteiger partial charge in [0.1, 0.15) is 13.2 Å². The Hall–Kier alpha value is -9.03. The highest BCUT2D eigenvalue weighted by Gasteiger charge is 2.30. The van der Waals surface area contributed by atoms with Gasteiger partial charge in [-0.15, -0.1) is 0 Å². The van der Waals surface area contributed by atoms with Gasteiger partial charge >= 0.3 is 59.7 Å². The van der Waals surface area contributed by atoms with Gasteiger partial charge in [-0.1, -0.05) is 36.4 Å². The van der Waals surface area contributed by atoms with Crippen LogP contribution in [0, 0.1) is 0 Å². The van der Waals surface area contributed by atoms with Gasteiger partial charge in [0.2, 0.25) is 0 Å². The first-order valence-electron chi connectivity index (χ1n) is 33.4. The van der Waals surface area contributed by atoms with E-state index < -0.39 is 137 Å². The third kappa shape index (κ3) is 35.9. The quantitative estimate of drug-likeness (QED) is 0.0240. The van der Waals surface area contributed by atoms with Crippen LogP contribution in [-0.4, -0.2) is 377 Å². The zero-order valence-corrected chi connectivity index (χ0v) is 58.5. The van der Waals surface area contributed by atoms with Crippen molar-refractivity contribution >= 4 is 94.1 Å². The minimum atomic E-state index is -1.37. The number of hydrogen-bond donors (Lipinski definition) is 13. The van der Waals surface area contributed by atoms with E-state index in [4.69, 9.17) is 40.6 Å². The summed E-state index contributed by atoms with van der Waals surface area (Å²) in [5, 5.41) is 107. The summed E-state index contributed by atoms with van der Waals surface area (Å²) in [6, 6.07) is 15.5. The van der Waals surface area contributed by atoms with Crippen molar-refractivity contribution in [2.45, 2.75) is 31.3 Å². The molecule has 3 aromatic rings. The van der Waals surface area contributed by atoms with E-state index in [0.717, 1.165) is 20.3 Å². The lowest BCUT2D eigenvalue weighted by Gasteiger charge is -2.34. The van der Waals surface area contributed by atoms with Crippen LogP contribution in [-0.2, 0) is 86.2 Å². The highest BCUT2D eigenvalue weighted by atomic mass is 32.1. The number of benzene rings is 3. The molecule has 38 heteroatoms. The van der Waals surface area contributed by atoms with Gasteiger partial charge in [0.15, 0.2) is 16.6 Å². The number of anilines is 3. The first-order chi connectivity index (χ1) is 49.6. The molecule has 2 aliphatic heterocycles. The normalized spacial score (nSPS) is 16.4. The molecule has 2 bridgehead atoms. The van der Waals surface area contributed by atoms with E-state index in [0.29, 0.717) is 125 Å². The Kier molecular flexibility index (Phi) is 38.4. The van der Waals surface area contributed by atoms with E-state index in [-0.39, 0.29) is 83.7 Å². The molecule has 0 amide bonds. The molecule has 0 aliphatic carbocycles. The topological polar surface area (TPSA) is 490 Å². The van der Waals surface area contributed by atoms with Crippen molar-refractivity contribution in [3.05, 3.63) is 77.4 Å².